The molecule has 0 saturated heterocycles. The van der Waals surface area contributed by atoms with Crippen molar-refractivity contribution in [3.8, 4) is 11.5 Å². The van der Waals surface area contributed by atoms with E-state index in [1.165, 1.54) is 18.2 Å². The van der Waals surface area contributed by atoms with Crippen molar-refractivity contribution in [1.82, 2.24) is 9.78 Å². The molecule has 2 aromatic carbocycles. The van der Waals surface area contributed by atoms with Crippen LogP contribution in [0.2, 0.25) is 0 Å². The molecule has 0 fully saturated rings. The lowest BCUT2D eigenvalue weighted by Gasteiger charge is -2.14. The van der Waals surface area contributed by atoms with Crippen molar-refractivity contribution in [3.63, 3.8) is 0 Å². The van der Waals surface area contributed by atoms with E-state index < -0.39 is 11.7 Å². The van der Waals surface area contributed by atoms with Gasteiger partial charge in [-0.3, -0.25) is 4.79 Å². The first-order valence-corrected chi connectivity index (χ1v) is 8.81. The maximum atomic E-state index is 13.9. The molecular weight excluding hydrogens is 417 g/mol. The highest BCUT2D eigenvalue weighted by atomic mass is 79.9. The second kappa shape index (κ2) is 8.22. The fourth-order valence-corrected chi connectivity index (χ4v) is 3.02. The van der Waals surface area contributed by atoms with Crippen molar-refractivity contribution in [3.05, 3.63) is 70.1 Å². The summed E-state index contributed by atoms with van der Waals surface area (Å²) in [5.74, 6) is 0.461. The molecule has 3 aromatic rings. The summed E-state index contributed by atoms with van der Waals surface area (Å²) >= 11 is 3.24. The first-order chi connectivity index (χ1) is 13.0. The first kappa shape index (κ1) is 18.9. The molecule has 0 spiro atoms. The minimum atomic E-state index is -0.601. The highest BCUT2D eigenvalue weighted by molar-refractivity contribution is 9.10. The molecule has 0 aliphatic rings. The van der Waals surface area contributed by atoms with Crippen LogP contribution < -0.4 is 14.8 Å². The number of para-hydroxylation sites is 1. The van der Waals surface area contributed by atoms with Crippen LogP contribution in [0.25, 0.3) is 0 Å². The normalized spacial score (nSPS) is 10.5. The Kier molecular flexibility index (Phi) is 5.75. The monoisotopic (exact) mass is 433 g/mol. The van der Waals surface area contributed by atoms with Crippen LogP contribution in [0.3, 0.4) is 0 Å². The molecule has 0 bridgehead atoms. The molecule has 1 N–H and O–H groups in total. The van der Waals surface area contributed by atoms with E-state index in [0.717, 1.165) is 5.56 Å². The molecule has 0 unspecified atom stereocenters. The highest BCUT2D eigenvalue weighted by Gasteiger charge is 2.16. The van der Waals surface area contributed by atoms with Gasteiger partial charge in [0.05, 0.1) is 32.5 Å². The Hall–Kier alpha value is -2.87. The number of amides is 1. The summed E-state index contributed by atoms with van der Waals surface area (Å²) < 4.78 is 26.9. The molecule has 0 aliphatic carbocycles. The van der Waals surface area contributed by atoms with E-state index in [2.05, 4.69) is 26.3 Å². The maximum absolute atomic E-state index is 13.9. The number of aromatic nitrogens is 2. The molecule has 27 heavy (non-hydrogen) atoms. The summed E-state index contributed by atoms with van der Waals surface area (Å²) in [6.07, 6.45) is 1.56. The average Bonchev–Trinajstić information content (AvgIpc) is 3.09. The van der Waals surface area contributed by atoms with Gasteiger partial charge in [-0.15, -0.1) is 0 Å². The lowest BCUT2D eigenvalue weighted by atomic mass is 10.2. The van der Waals surface area contributed by atoms with Crippen molar-refractivity contribution < 1.29 is 18.7 Å². The number of nitrogens with one attached hydrogen (secondary N) is 1. The molecule has 3 rings (SSSR count). The van der Waals surface area contributed by atoms with Gasteiger partial charge in [-0.05, 0) is 24.3 Å². The number of carbonyl (C=O) groups excluding carboxylic acids is 1. The van der Waals surface area contributed by atoms with Crippen LogP contribution in [0.1, 0.15) is 15.9 Å². The smallest absolute Gasteiger partial charge is 0.259 e. The Bertz CT molecular complexity index is 975. The Labute approximate surface area is 164 Å². The zero-order valence-electron chi connectivity index (χ0n) is 14.7. The Morgan fingerprint density at radius 2 is 2.04 bits per heavy atom. The number of rotatable bonds is 6. The number of hydrogen-bond donors (Lipinski definition) is 1. The standard InChI is InChI=1S/C19H17BrFN3O3/c1-26-16-5-3-4-12(18(16)27-2)11-24-17(8-9-22-24)23-19(25)14-10-13(20)6-7-15(14)21/h3-10H,11H2,1-2H3,(H,23,25). The maximum Gasteiger partial charge on any atom is 0.259 e. The molecule has 0 radical (unpaired) electrons. The second-order valence-corrected chi connectivity index (χ2v) is 6.52. The molecule has 0 saturated carbocycles. The fourth-order valence-electron chi connectivity index (χ4n) is 2.66. The van der Waals surface area contributed by atoms with Crippen molar-refractivity contribution in [2.75, 3.05) is 19.5 Å². The van der Waals surface area contributed by atoms with E-state index >= 15 is 0 Å². The molecule has 0 atom stereocenters. The van der Waals surface area contributed by atoms with E-state index in [0.29, 0.717) is 28.3 Å². The van der Waals surface area contributed by atoms with Gasteiger partial charge in [-0.2, -0.15) is 5.10 Å². The third-order valence-electron chi connectivity index (χ3n) is 3.94. The zero-order chi connectivity index (χ0) is 19.4. The lowest BCUT2D eigenvalue weighted by molar-refractivity contribution is 0.102. The third kappa shape index (κ3) is 4.11. The van der Waals surface area contributed by atoms with E-state index in [9.17, 15) is 9.18 Å². The summed E-state index contributed by atoms with van der Waals surface area (Å²) in [4.78, 5) is 12.5. The quantitative estimate of drug-likeness (QED) is 0.635. The van der Waals surface area contributed by atoms with Crippen molar-refractivity contribution in [2.45, 2.75) is 6.54 Å². The van der Waals surface area contributed by atoms with Crippen LogP contribution in [0.15, 0.2) is 53.1 Å². The lowest BCUT2D eigenvalue weighted by Crippen LogP contribution is -2.17. The minimum Gasteiger partial charge on any atom is -0.493 e. The van der Waals surface area contributed by atoms with Gasteiger partial charge in [0.15, 0.2) is 11.5 Å². The van der Waals surface area contributed by atoms with Gasteiger partial charge in [0, 0.05) is 16.1 Å². The topological polar surface area (TPSA) is 65.4 Å². The number of nitrogens with zero attached hydrogens (tertiary/aromatic N) is 2. The largest absolute Gasteiger partial charge is 0.493 e. The van der Waals surface area contributed by atoms with Crippen LogP contribution >= 0.6 is 15.9 Å². The molecule has 0 aliphatic heterocycles. The molecule has 6 nitrogen and oxygen atoms in total. The van der Waals surface area contributed by atoms with E-state index in [4.69, 9.17) is 9.47 Å². The van der Waals surface area contributed by atoms with Gasteiger partial charge < -0.3 is 14.8 Å². The van der Waals surface area contributed by atoms with E-state index in [-0.39, 0.29) is 5.56 Å². The summed E-state index contributed by atoms with van der Waals surface area (Å²) in [7, 11) is 3.12. The number of anilines is 1. The van der Waals surface area contributed by atoms with Crippen molar-refractivity contribution in [1.29, 1.82) is 0 Å². The molecule has 8 heteroatoms. The number of methoxy groups -OCH3 is 2. The van der Waals surface area contributed by atoms with Gasteiger partial charge in [0.1, 0.15) is 11.6 Å². The summed E-state index contributed by atoms with van der Waals surface area (Å²) in [6, 6.07) is 11.3. The molecule has 1 heterocycles. The Balaban J connectivity index is 1.85. The van der Waals surface area contributed by atoms with Crippen molar-refractivity contribution >= 4 is 27.7 Å². The van der Waals surface area contributed by atoms with Crippen LogP contribution in [-0.2, 0) is 6.54 Å². The molecule has 140 valence electrons. The third-order valence-corrected chi connectivity index (χ3v) is 4.43. The van der Waals surface area contributed by atoms with Crippen LogP contribution in [0, 0.1) is 5.82 Å². The van der Waals surface area contributed by atoms with E-state index in [1.54, 1.807) is 37.2 Å². The minimum absolute atomic E-state index is 0.0592. The van der Waals surface area contributed by atoms with Gasteiger partial charge >= 0.3 is 0 Å². The van der Waals surface area contributed by atoms with Crippen LogP contribution in [0.4, 0.5) is 10.2 Å². The Morgan fingerprint density at radius 3 is 2.78 bits per heavy atom. The zero-order valence-corrected chi connectivity index (χ0v) is 16.3. The number of hydrogen-bond acceptors (Lipinski definition) is 4. The van der Waals surface area contributed by atoms with Crippen LogP contribution in [0.5, 0.6) is 11.5 Å². The molecule has 1 aromatic heterocycles. The average molecular weight is 434 g/mol. The van der Waals surface area contributed by atoms with E-state index in [1.807, 2.05) is 12.1 Å². The SMILES string of the molecule is COc1cccc(Cn2nccc2NC(=O)c2cc(Br)ccc2F)c1OC. The number of ether oxygens (including phenoxy) is 2. The number of benzene rings is 2. The second-order valence-electron chi connectivity index (χ2n) is 5.61. The molecular formula is C19H17BrFN3O3. The van der Waals surface area contributed by atoms with Gasteiger partial charge in [-0.1, -0.05) is 28.1 Å². The summed E-state index contributed by atoms with van der Waals surface area (Å²) in [5.41, 5.74) is 0.765. The van der Waals surface area contributed by atoms with Gasteiger partial charge in [0.2, 0.25) is 0 Å². The van der Waals surface area contributed by atoms with Crippen molar-refractivity contribution in [2.24, 2.45) is 0 Å². The first-order valence-electron chi connectivity index (χ1n) is 8.01. The fraction of sp³-hybridized carbons (Fsp3) is 0.158. The predicted molar refractivity (Wildman–Crippen MR) is 103 cm³/mol. The predicted octanol–water partition coefficient (Wildman–Crippen LogP) is 4.10. The summed E-state index contributed by atoms with van der Waals surface area (Å²) in [5, 5.41) is 6.92. The van der Waals surface area contributed by atoms with Gasteiger partial charge in [-0.25, -0.2) is 9.07 Å². The number of halogens is 2. The van der Waals surface area contributed by atoms with Crippen LogP contribution in [-0.4, -0.2) is 29.9 Å². The number of carbonyl (C=O) groups is 1. The molecule has 1 amide bonds. The van der Waals surface area contributed by atoms with Gasteiger partial charge in [0.25, 0.3) is 5.91 Å². The Morgan fingerprint density at radius 1 is 1.22 bits per heavy atom. The highest BCUT2D eigenvalue weighted by Crippen LogP contribution is 2.31. The summed E-state index contributed by atoms with van der Waals surface area (Å²) in [6.45, 7) is 0.337.